The Hall–Kier alpha value is -0.930. The first-order valence-corrected chi connectivity index (χ1v) is 7.26. The maximum atomic E-state index is 5.87. The van der Waals surface area contributed by atoms with Crippen LogP contribution in [0.5, 0.6) is 0 Å². The molecule has 0 aliphatic heterocycles. The summed E-state index contributed by atoms with van der Waals surface area (Å²) in [5.41, 5.74) is 5.87. The highest BCUT2D eigenvalue weighted by atomic mass is 15.2. The Balaban J connectivity index is 1.58. The van der Waals surface area contributed by atoms with Gasteiger partial charge in [0.05, 0.1) is 0 Å². The second kappa shape index (κ2) is 4.04. The number of aryl methyl sites for hydroxylation is 1. The maximum Gasteiger partial charge on any atom is 0.0482 e. The normalized spacial score (nSPS) is 38.3. The zero-order valence-electron chi connectivity index (χ0n) is 10.7. The van der Waals surface area contributed by atoms with Gasteiger partial charge in [-0.05, 0) is 61.5 Å². The van der Waals surface area contributed by atoms with Crippen LogP contribution in [0.4, 0.5) is 0 Å². The lowest BCUT2D eigenvalue weighted by Gasteiger charge is -2.29. The van der Waals surface area contributed by atoms with Crippen molar-refractivity contribution in [3.8, 4) is 0 Å². The minimum absolute atomic E-state index is 0.439. The molecule has 0 amide bonds. The van der Waals surface area contributed by atoms with Crippen LogP contribution in [0.1, 0.15) is 42.9 Å². The van der Waals surface area contributed by atoms with Crippen molar-refractivity contribution >= 4 is 0 Å². The molecule has 4 rings (SSSR count). The number of nitrogens with two attached hydrogens (primary N) is 1. The molecule has 18 heavy (non-hydrogen) atoms. The van der Waals surface area contributed by atoms with Gasteiger partial charge in [-0.2, -0.15) is 0 Å². The van der Waals surface area contributed by atoms with Gasteiger partial charge >= 0.3 is 0 Å². The molecule has 0 spiro atoms. The first-order valence-electron chi connectivity index (χ1n) is 7.26. The van der Waals surface area contributed by atoms with Crippen LogP contribution >= 0.6 is 0 Å². The van der Waals surface area contributed by atoms with Crippen LogP contribution in [0.25, 0.3) is 0 Å². The standard InChI is InChI=1S/C15H21N3/c16-18-15(12-7-10-6-11(10)8-12)13-4-3-9-2-1-5-17-14(9)13/h1-2,5,10-13,15,18H,3-4,6-8,16H2. The fraction of sp³-hybridized carbons (Fsp3) is 0.667. The third-order valence-corrected chi connectivity index (χ3v) is 5.42. The van der Waals surface area contributed by atoms with Crippen LogP contribution < -0.4 is 11.3 Å². The average molecular weight is 243 g/mol. The van der Waals surface area contributed by atoms with Gasteiger partial charge in [0, 0.05) is 23.9 Å². The van der Waals surface area contributed by atoms with Gasteiger partial charge in [-0.15, -0.1) is 0 Å². The Morgan fingerprint density at radius 3 is 2.89 bits per heavy atom. The molecule has 4 unspecified atom stereocenters. The minimum Gasteiger partial charge on any atom is -0.271 e. The molecule has 1 heterocycles. The van der Waals surface area contributed by atoms with Crippen molar-refractivity contribution in [1.82, 2.24) is 10.4 Å². The van der Waals surface area contributed by atoms with Crippen LogP contribution in [-0.4, -0.2) is 11.0 Å². The third kappa shape index (κ3) is 1.61. The minimum atomic E-state index is 0.439. The molecule has 3 N–H and O–H groups in total. The van der Waals surface area contributed by atoms with Crippen molar-refractivity contribution in [3.63, 3.8) is 0 Å². The van der Waals surface area contributed by atoms with Crippen molar-refractivity contribution in [1.29, 1.82) is 0 Å². The van der Waals surface area contributed by atoms with Crippen LogP contribution in [0.2, 0.25) is 0 Å². The van der Waals surface area contributed by atoms with Gasteiger partial charge in [-0.3, -0.25) is 16.3 Å². The van der Waals surface area contributed by atoms with Crippen molar-refractivity contribution < 1.29 is 0 Å². The van der Waals surface area contributed by atoms with E-state index >= 15 is 0 Å². The van der Waals surface area contributed by atoms with E-state index in [2.05, 4.69) is 22.5 Å². The lowest BCUT2D eigenvalue weighted by atomic mass is 9.84. The van der Waals surface area contributed by atoms with Gasteiger partial charge in [-0.25, -0.2) is 0 Å². The molecule has 3 nitrogen and oxygen atoms in total. The molecular formula is C15H21N3. The Morgan fingerprint density at radius 1 is 1.28 bits per heavy atom. The summed E-state index contributed by atoms with van der Waals surface area (Å²) in [7, 11) is 0. The second-order valence-corrected chi connectivity index (χ2v) is 6.37. The molecule has 3 aliphatic carbocycles. The van der Waals surface area contributed by atoms with Gasteiger partial charge in [0.1, 0.15) is 0 Å². The first kappa shape index (κ1) is 10.9. The van der Waals surface area contributed by atoms with Crippen LogP contribution in [0.3, 0.4) is 0 Å². The highest BCUT2D eigenvalue weighted by molar-refractivity contribution is 5.30. The van der Waals surface area contributed by atoms with E-state index in [0.717, 1.165) is 17.8 Å². The largest absolute Gasteiger partial charge is 0.271 e. The molecule has 3 aliphatic rings. The summed E-state index contributed by atoms with van der Waals surface area (Å²) in [5.74, 6) is 9.23. The lowest BCUT2D eigenvalue weighted by Crippen LogP contribution is -2.44. The summed E-state index contributed by atoms with van der Waals surface area (Å²) < 4.78 is 0. The fourth-order valence-corrected chi connectivity index (χ4v) is 4.43. The number of nitrogens with one attached hydrogen (secondary N) is 1. The maximum absolute atomic E-state index is 5.87. The Bertz CT molecular complexity index is 449. The van der Waals surface area contributed by atoms with Crippen LogP contribution in [-0.2, 0) is 6.42 Å². The number of hydrogen-bond acceptors (Lipinski definition) is 3. The molecule has 96 valence electrons. The van der Waals surface area contributed by atoms with Gasteiger partial charge in [0.25, 0.3) is 0 Å². The van der Waals surface area contributed by atoms with E-state index in [1.807, 2.05) is 6.20 Å². The Morgan fingerprint density at radius 2 is 2.11 bits per heavy atom. The first-order chi connectivity index (χ1) is 8.86. The van der Waals surface area contributed by atoms with Crippen molar-refractivity contribution in [2.24, 2.45) is 23.6 Å². The summed E-state index contributed by atoms with van der Waals surface area (Å²) in [5, 5.41) is 0. The van der Waals surface area contributed by atoms with Gasteiger partial charge in [-0.1, -0.05) is 6.07 Å². The van der Waals surface area contributed by atoms with Crippen molar-refractivity contribution in [2.45, 2.75) is 44.1 Å². The summed E-state index contributed by atoms with van der Waals surface area (Å²) in [4.78, 5) is 4.62. The number of hydrazine groups is 1. The molecule has 0 bridgehead atoms. The summed E-state index contributed by atoms with van der Waals surface area (Å²) in [6.07, 6.45) is 8.57. The molecule has 4 atom stereocenters. The molecular weight excluding hydrogens is 222 g/mol. The predicted molar refractivity (Wildman–Crippen MR) is 70.7 cm³/mol. The van der Waals surface area contributed by atoms with E-state index < -0.39 is 0 Å². The molecule has 1 aromatic heterocycles. The lowest BCUT2D eigenvalue weighted by molar-refractivity contribution is 0.290. The van der Waals surface area contributed by atoms with Crippen molar-refractivity contribution in [3.05, 3.63) is 29.6 Å². The van der Waals surface area contributed by atoms with E-state index in [-0.39, 0.29) is 0 Å². The summed E-state index contributed by atoms with van der Waals surface area (Å²) >= 11 is 0. The number of nitrogens with zero attached hydrogens (tertiary/aromatic N) is 1. The highest BCUT2D eigenvalue weighted by Crippen LogP contribution is 2.56. The van der Waals surface area contributed by atoms with E-state index in [1.165, 1.54) is 43.4 Å². The van der Waals surface area contributed by atoms with E-state index in [0.29, 0.717) is 12.0 Å². The van der Waals surface area contributed by atoms with Crippen LogP contribution in [0.15, 0.2) is 18.3 Å². The molecule has 2 fully saturated rings. The number of rotatable bonds is 3. The average Bonchev–Trinajstić information content (AvgIpc) is 2.85. The molecule has 0 radical (unpaired) electrons. The quantitative estimate of drug-likeness (QED) is 0.630. The number of hydrogen-bond donors (Lipinski definition) is 2. The summed E-state index contributed by atoms with van der Waals surface area (Å²) in [6.45, 7) is 0. The van der Waals surface area contributed by atoms with Crippen LogP contribution in [0, 0.1) is 17.8 Å². The van der Waals surface area contributed by atoms with Crippen molar-refractivity contribution in [2.75, 3.05) is 0 Å². The SMILES string of the molecule is NNC(C1CC2CC2C1)C1CCc2cccnc21. The fourth-order valence-electron chi connectivity index (χ4n) is 4.43. The van der Waals surface area contributed by atoms with Gasteiger partial charge < -0.3 is 0 Å². The van der Waals surface area contributed by atoms with E-state index in [9.17, 15) is 0 Å². The second-order valence-electron chi connectivity index (χ2n) is 6.37. The van der Waals surface area contributed by atoms with Gasteiger partial charge in [0.2, 0.25) is 0 Å². The smallest absolute Gasteiger partial charge is 0.0482 e. The van der Waals surface area contributed by atoms with E-state index in [1.54, 1.807) is 0 Å². The third-order valence-electron chi connectivity index (χ3n) is 5.42. The monoisotopic (exact) mass is 243 g/mol. The molecule has 3 heteroatoms. The summed E-state index contributed by atoms with van der Waals surface area (Å²) in [6, 6.07) is 4.72. The predicted octanol–water partition coefficient (Wildman–Crippen LogP) is 1.99. The zero-order chi connectivity index (χ0) is 12.1. The Labute approximate surface area is 108 Å². The van der Waals surface area contributed by atoms with Gasteiger partial charge in [0.15, 0.2) is 0 Å². The molecule has 2 saturated carbocycles. The zero-order valence-corrected chi connectivity index (χ0v) is 10.7. The number of aromatic nitrogens is 1. The molecule has 1 aromatic rings. The Kier molecular flexibility index (Phi) is 2.45. The number of pyridine rings is 1. The molecule has 0 saturated heterocycles. The number of fused-ring (bicyclic) bond motifs is 2. The van der Waals surface area contributed by atoms with E-state index in [4.69, 9.17) is 5.84 Å². The topological polar surface area (TPSA) is 50.9 Å². The highest BCUT2D eigenvalue weighted by Gasteiger charge is 2.49. The molecule has 0 aromatic carbocycles.